The topological polar surface area (TPSA) is 77.6 Å². The van der Waals surface area contributed by atoms with Crippen LogP contribution < -0.4 is 5.32 Å². The standard InChI is InChI=1S/C25H22Cl2N6OS/c1-14-23-17(21-8-5-11-35-21)9-10-28-25(23)33(30-14)13-22(34)29-24-15(2)31-32(16(24)3)12-18-19(26)6-4-7-20(18)27/h4-11H,12-13H2,1-3H3,(H,29,34). The number of pyridine rings is 1. The van der Waals surface area contributed by atoms with Gasteiger partial charge >= 0.3 is 0 Å². The van der Waals surface area contributed by atoms with Gasteiger partial charge in [0.1, 0.15) is 6.54 Å². The highest BCUT2D eigenvalue weighted by atomic mass is 35.5. The number of carbonyl (C=O) groups is 1. The monoisotopic (exact) mass is 524 g/mol. The van der Waals surface area contributed by atoms with Crippen molar-refractivity contribution in [1.82, 2.24) is 24.5 Å². The quantitative estimate of drug-likeness (QED) is 0.283. The second kappa shape index (κ2) is 9.45. The maximum absolute atomic E-state index is 13.1. The summed E-state index contributed by atoms with van der Waals surface area (Å²) in [5.41, 5.74) is 5.55. The molecule has 5 rings (SSSR count). The Labute approximate surface area is 216 Å². The normalized spacial score (nSPS) is 11.3. The van der Waals surface area contributed by atoms with E-state index in [9.17, 15) is 4.79 Å². The Balaban J connectivity index is 1.39. The molecule has 0 spiro atoms. The van der Waals surface area contributed by atoms with Crippen LogP contribution in [0.25, 0.3) is 21.5 Å². The van der Waals surface area contributed by atoms with Gasteiger partial charge in [0.2, 0.25) is 5.91 Å². The molecule has 7 nitrogen and oxygen atoms in total. The first-order valence-electron chi connectivity index (χ1n) is 11.0. The Morgan fingerprint density at radius 1 is 1.00 bits per heavy atom. The molecule has 0 atom stereocenters. The van der Waals surface area contributed by atoms with Gasteiger partial charge in [-0.05, 0) is 50.4 Å². The SMILES string of the molecule is Cc1nn(Cc2c(Cl)cccc2Cl)c(C)c1NC(=O)Cn1nc(C)c2c(-c3cccs3)ccnc21. The van der Waals surface area contributed by atoms with Crippen molar-refractivity contribution < 1.29 is 4.79 Å². The Morgan fingerprint density at radius 3 is 2.46 bits per heavy atom. The van der Waals surface area contributed by atoms with Gasteiger partial charge in [-0.3, -0.25) is 9.48 Å². The first kappa shape index (κ1) is 23.5. The lowest BCUT2D eigenvalue weighted by atomic mass is 10.1. The zero-order valence-electron chi connectivity index (χ0n) is 19.3. The summed E-state index contributed by atoms with van der Waals surface area (Å²) in [6, 6.07) is 11.5. The molecule has 4 heterocycles. The molecule has 0 aliphatic heterocycles. The van der Waals surface area contributed by atoms with Crippen LogP contribution in [-0.2, 0) is 17.9 Å². The zero-order valence-corrected chi connectivity index (χ0v) is 21.7. The molecule has 10 heteroatoms. The van der Waals surface area contributed by atoms with Gasteiger partial charge in [-0.1, -0.05) is 35.3 Å². The van der Waals surface area contributed by atoms with E-state index in [1.54, 1.807) is 45.1 Å². The number of aromatic nitrogens is 5. The van der Waals surface area contributed by atoms with E-state index in [1.807, 2.05) is 38.3 Å². The highest BCUT2D eigenvalue weighted by molar-refractivity contribution is 7.13. The summed E-state index contributed by atoms with van der Waals surface area (Å²) in [4.78, 5) is 18.7. The lowest BCUT2D eigenvalue weighted by Gasteiger charge is -2.10. The van der Waals surface area contributed by atoms with E-state index in [0.717, 1.165) is 32.8 Å². The van der Waals surface area contributed by atoms with Crippen LogP contribution in [0.15, 0.2) is 48.0 Å². The van der Waals surface area contributed by atoms with Crippen molar-refractivity contribution in [1.29, 1.82) is 0 Å². The Bertz CT molecular complexity index is 1530. The summed E-state index contributed by atoms with van der Waals surface area (Å²) in [5.74, 6) is -0.209. The zero-order chi connectivity index (χ0) is 24.7. The van der Waals surface area contributed by atoms with Gasteiger partial charge in [0.05, 0.1) is 34.7 Å². The average molecular weight is 525 g/mol. The molecule has 5 aromatic rings. The van der Waals surface area contributed by atoms with E-state index in [2.05, 4.69) is 26.6 Å². The molecular weight excluding hydrogens is 503 g/mol. The largest absolute Gasteiger partial charge is 0.321 e. The van der Waals surface area contributed by atoms with Crippen LogP contribution in [0.2, 0.25) is 10.0 Å². The van der Waals surface area contributed by atoms with Gasteiger partial charge in [-0.15, -0.1) is 11.3 Å². The van der Waals surface area contributed by atoms with Crippen molar-refractivity contribution in [3.8, 4) is 10.4 Å². The van der Waals surface area contributed by atoms with Gasteiger partial charge in [0.25, 0.3) is 0 Å². The number of benzene rings is 1. The smallest absolute Gasteiger partial charge is 0.246 e. The van der Waals surface area contributed by atoms with Crippen LogP contribution in [-0.4, -0.2) is 30.5 Å². The molecule has 1 amide bonds. The molecule has 35 heavy (non-hydrogen) atoms. The van der Waals surface area contributed by atoms with Gasteiger partial charge in [0.15, 0.2) is 5.65 Å². The number of fused-ring (bicyclic) bond motifs is 1. The van der Waals surface area contributed by atoms with E-state index in [0.29, 0.717) is 33.6 Å². The molecule has 0 aliphatic rings. The number of hydrogen-bond donors (Lipinski definition) is 1. The van der Waals surface area contributed by atoms with Crippen LogP contribution >= 0.6 is 34.5 Å². The Morgan fingerprint density at radius 2 is 1.74 bits per heavy atom. The molecule has 178 valence electrons. The second-order valence-electron chi connectivity index (χ2n) is 8.23. The summed E-state index contributed by atoms with van der Waals surface area (Å²) in [6.07, 6.45) is 1.76. The maximum Gasteiger partial charge on any atom is 0.246 e. The number of hydrogen-bond acceptors (Lipinski definition) is 5. The second-order valence-corrected chi connectivity index (χ2v) is 9.99. The molecule has 0 bridgehead atoms. The van der Waals surface area contributed by atoms with E-state index >= 15 is 0 Å². The fourth-order valence-corrected chi connectivity index (χ4v) is 5.48. The molecule has 0 saturated heterocycles. The molecular formula is C25H22Cl2N6OS. The van der Waals surface area contributed by atoms with E-state index in [-0.39, 0.29) is 12.5 Å². The third-order valence-electron chi connectivity index (χ3n) is 5.90. The van der Waals surface area contributed by atoms with Crippen LogP contribution in [0.4, 0.5) is 5.69 Å². The number of halogens is 2. The highest BCUT2D eigenvalue weighted by Crippen LogP contribution is 2.33. The lowest BCUT2D eigenvalue weighted by Crippen LogP contribution is -2.20. The van der Waals surface area contributed by atoms with E-state index < -0.39 is 0 Å². The predicted octanol–water partition coefficient (Wildman–Crippen LogP) is 6.28. The van der Waals surface area contributed by atoms with Crippen molar-refractivity contribution in [2.45, 2.75) is 33.9 Å². The Kier molecular flexibility index (Phi) is 6.35. The van der Waals surface area contributed by atoms with Crippen molar-refractivity contribution in [3.05, 3.63) is 80.7 Å². The van der Waals surface area contributed by atoms with Crippen LogP contribution in [0.1, 0.15) is 22.6 Å². The summed E-state index contributed by atoms with van der Waals surface area (Å²) in [6.45, 7) is 6.14. The average Bonchev–Trinajstić information content (AvgIpc) is 3.53. The number of nitrogens with zero attached hydrogens (tertiary/aromatic N) is 5. The predicted molar refractivity (Wildman–Crippen MR) is 141 cm³/mol. The fourth-order valence-electron chi connectivity index (χ4n) is 4.21. The highest BCUT2D eigenvalue weighted by Gasteiger charge is 2.19. The van der Waals surface area contributed by atoms with Crippen molar-refractivity contribution in [2.75, 3.05) is 5.32 Å². The van der Waals surface area contributed by atoms with Gasteiger partial charge < -0.3 is 5.32 Å². The number of rotatable bonds is 6. The molecule has 1 aromatic carbocycles. The van der Waals surface area contributed by atoms with Gasteiger partial charge in [0, 0.05) is 32.2 Å². The third kappa shape index (κ3) is 4.45. The summed E-state index contributed by atoms with van der Waals surface area (Å²) in [5, 5.41) is 16.4. The van der Waals surface area contributed by atoms with Crippen molar-refractivity contribution in [2.24, 2.45) is 0 Å². The summed E-state index contributed by atoms with van der Waals surface area (Å²) < 4.78 is 3.44. The van der Waals surface area contributed by atoms with Gasteiger partial charge in [-0.25, -0.2) is 9.67 Å². The van der Waals surface area contributed by atoms with Gasteiger partial charge in [-0.2, -0.15) is 10.2 Å². The molecule has 0 aliphatic carbocycles. The molecule has 0 saturated carbocycles. The minimum Gasteiger partial charge on any atom is -0.321 e. The van der Waals surface area contributed by atoms with E-state index in [4.69, 9.17) is 23.2 Å². The molecule has 0 fully saturated rings. The number of anilines is 1. The summed E-state index contributed by atoms with van der Waals surface area (Å²) >= 11 is 14.3. The number of nitrogens with one attached hydrogen (secondary N) is 1. The first-order chi connectivity index (χ1) is 16.8. The van der Waals surface area contributed by atoms with Crippen LogP contribution in [0, 0.1) is 20.8 Å². The number of carbonyl (C=O) groups excluding carboxylic acids is 1. The Hall–Kier alpha value is -3.20. The third-order valence-corrected chi connectivity index (χ3v) is 7.51. The minimum absolute atomic E-state index is 0.0334. The molecule has 0 unspecified atom stereocenters. The lowest BCUT2D eigenvalue weighted by molar-refractivity contribution is -0.116. The number of amides is 1. The summed E-state index contributed by atoms with van der Waals surface area (Å²) in [7, 11) is 0. The molecule has 1 N–H and O–H groups in total. The number of thiophene rings is 1. The first-order valence-corrected chi connectivity index (χ1v) is 12.6. The minimum atomic E-state index is -0.209. The van der Waals surface area contributed by atoms with Crippen molar-refractivity contribution >= 4 is 57.2 Å². The van der Waals surface area contributed by atoms with E-state index in [1.165, 1.54) is 0 Å². The van der Waals surface area contributed by atoms with Crippen LogP contribution in [0.5, 0.6) is 0 Å². The number of aryl methyl sites for hydroxylation is 2. The van der Waals surface area contributed by atoms with Crippen molar-refractivity contribution in [3.63, 3.8) is 0 Å². The van der Waals surface area contributed by atoms with Crippen LogP contribution in [0.3, 0.4) is 0 Å². The molecule has 0 radical (unpaired) electrons. The fraction of sp³-hybridized carbons (Fsp3) is 0.200. The maximum atomic E-state index is 13.1. The molecule has 4 aromatic heterocycles.